The number of halogens is 2. The Balaban J connectivity index is 1.87. The highest BCUT2D eigenvalue weighted by Gasteiger charge is 2.48. The van der Waals surface area contributed by atoms with Crippen molar-refractivity contribution in [1.82, 2.24) is 10.2 Å². The fraction of sp³-hybridized carbons (Fsp3) is 0.467. The number of nitrogens with one attached hydrogen (secondary N) is 1. The number of piperazine rings is 1. The fourth-order valence-electron chi connectivity index (χ4n) is 3.23. The van der Waals surface area contributed by atoms with Crippen LogP contribution in [0.15, 0.2) is 18.2 Å². The lowest BCUT2D eigenvalue weighted by molar-refractivity contribution is -0.150. The molecule has 1 aromatic carbocycles. The van der Waals surface area contributed by atoms with Crippen molar-refractivity contribution in [2.24, 2.45) is 0 Å². The number of carbonyl (C=O) groups excluding carboxylic acids is 2. The Hall–Kier alpha value is -1.98. The van der Waals surface area contributed by atoms with Crippen LogP contribution in [-0.4, -0.2) is 28.8 Å². The molecule has 0 aromatic heterocycles. The van der Waals surface area contributed by atoms with Crippen LogP contribution in [0.1, 0.15) is 31.2 Å². The van der Waals surface area contributed by atoms with Crippen LogP contribution in [0, 0.1) is 11.6 Å². The average molecular weight is 294 g/mol. The zero-order valence-electron chi connectivity index (χ0n) is 11.5. The molecule has 0 atom stereocenters. The number of benzene rings is 1. The Morgan fingerprint density at radius 3 is 2.38 bits per heavy atom. The van der Waals surface area contributed by atoms with Crippen molar-refractivity contribution in [2.75, 3.05) is 6.54 Å². The summed E-state index contributed by atoms with van der Waals surface area (Å²) >= 11 is 0. The number of rotatable bonds is 2. The smallest absolute Gasteiger partial charge is 0.249 e. The number of nitrogens with zero attached hydrogens (tertiary/aromatic N) is 1. The second kappa shape index (κ2) is 5.09. The summed E-state index contributed by atoms with van der Waals surface area (Å²) in [5.74, 6) is -1.90. The normalized spacial score (nSPS) is 21.0. The maximum absolute atomic E-state index is 13.7. The van der Waals surface area contributed by atoms with Crippen molar-refractivity contribution in [2.45, 2.75) is 37.8 Å². The quantitative estimate of drug-likeness (QED) is 0.903. The highest BCUT2D eigenvalue weighted by Crippen LogP contribution is 2.34. The molecule has 1 aromatic rings. The van der Waals surface area contributed by atoms with E-state index >= 15 is 0 Å². The third kappa shape index (κ3) is 2.39. The standard InChI is InChI=1S/C15H16F2N2O2/c16-11-4-3-5-12(17)10(11)8-19-9-13(20)18-15(14(19)21)6-1-2-7-15/h3-5H,1-2,6-9H2,(H,18,20). The molecule has 2 amide bonds. The molecule has 112 valence electrons. The average Bonchev–Trinajstić information content (AvgIpc) is 2.89. The third-order valence-electron chi connectivity index (χ3n) is 4.28. The van der Waals surface area contributed by atoms with Crippen LogP contribution >= 0.6 is 0 Å². The van der Waals surface area contributed by atoms with Gasteiger partial charge in [-0.2, -0.15) is 0 Å². The van der Waals surface area contributed by atoms with Crippen molar-refractivity contribution in [3.8, 4) is 0 Å². The largest absolute Gasteiger partial charge is 0.340 e. The first-order valence-corrected chi connectivity index (χ1v) is 7.05. The molecule has 2 fully saturated rings. The van der Waals surface area contributed by atoms with E-state index in [0.717, 1.165) is 25.0 Å². The van der Waals surface area contributed by atoms with Gasteiger partial charge >= 0.3 is 0 Å². The molecule has 4 nitrogen and oxygen atoms in total. The summed E-state index contributed by atoms with van der Waals surface area (Å²) in [7, 11) is 0. The lowest BCUT2D eigenvalue weighted by atomic mass is 9.92. The van der Waals surface area contributed by atoms with Crippen LogP contribution in [-0.2, 0) is 16.1 Å². The Labute approximate surface area is 121 Å². The van der Waals surface area contributed by atoms with Gasteiger partial charge in [0.25, 0.3) is 0 Å². The SMILES string of the molecule is O=C1CN(Cc2c(F)cccc2F)C(=O)C2(CCCC2)N1. The van der Waals surface area contributed by atoms with E-state index < -0.39 is 17.2 Å². The molecular formula is C15H16F2N2O2. The van der Waals surface area contributed by atoms with Crippen LogP contribution in [0.5, 0.6) is 0 Å². The maximum Gasteiger partial charge on any atom is 0.249 e. The molecule has 0 unspecified atom stereocenters. The van der Waals surface area contributed by atoms with Crippen molar-refractivity contribution >= 4 is 11.8 Å². The molecule has 0 radical (unpaired) electrons. The highest BCUT2D eigenvalue weighted by atomic mass is 19.1. The van der Waals surface area contributed by atoms with Gasteiger partial charge in [-0.05, 0) is 25.0 Å². The molecule has 6 heteroatoms. The molecule has 3 rings (SSSR count). The number of hydrogen-bond acceptors (Lipinski definition) is 2. The Morgan fingerprint density at radius 1 is 1.14 bits per heavy atom. The summed E-state index contributed by atoms with van der Waals surface area (Å²) in [6.07, 6.45) is 2.92. The van der Waals surface area contributed by atoms with E-state index in [1.807, 2.05) is 0 Å². The minimum atomic E-state index is -0.864. The predicted octanol–water partition coefficient (Wildman–Crippen LogP) is 1.74. The van der Waals surface area contributed by atoms with Gasteiger partial charge in [-0.3, -0.25) is 9.59 Å². The van der Waals surface area contributed by atoms with E-state index in [9.17, 15) is 18.4 Å². The summed E-state index contributed by atoms with van der Waals surface area (Å²) in [6, 6.07) is 3.58. The van der Waals surface area contributed by atoms with Gasteiger partial charge in [-0.15, -0.1) is 0 Å². The van der Waals surface area contributed by atoms with Gasteiger partial charge in [-0.1, -0.05) is 18.9 Å². The molecule has 1 spiro atoms. The molecule has 21 heavy (non-hydrogen) atoms. The van der Waals surface area contributed by atoms with Gasteiger partial charge in [0.2, 0.25) is 11.8 Å². The topological polar surface area (TPSA) is 49.4 Å². The van der Waals surface area contributed by atoms with Crippen molar-refractivity contribution in [3.63, 3.8) is 0 Å². The molecule has 1 heterocycles. The first-order valence-electron chi connectivity index (χ1n) is 7.05. The predicted molar refractivity (Wildman–Crippen MR) is 71.1 cm³/mol. The number of hydrogen-bond donors (Lipinski definition) is 1. The fourth-order valence-corrected chi connectivity index (χ4v) is 3.23. The van der Waals surface area contributed by atoms with Gasteiger partial charge in [-0.25, -0.2) is 8.78 Å². The lowest BCUT2D eigenvalue weighted by Gasteiger charge is -2.39. The molecule has 1 N–H and O–H groups in total. The molecule has 1 saturated carbocycles. The summed E-state index contributed by atoms with van der Waals surface area (Å²) in [5.41, 5.74) is -1.04. The Morgan fingerprint density at radius 2 is 1.76 bits per heavy atom. The monoisotopic (exact) mass is 294 g/mol. The van der Waals surface area contributed by atoms with Crippen LogP contribution in [0.3, 0.4) is 0 Å². The lowest BCUT2D eigenvalue weighted by Crippen LogP contribution is -2.65. The first kappa shape index (κ1) is 14.0. The second-order valence-electron chi connectivity index (χ2n) is 5.70. The van der Waals surface area contributed by atoms with Crippen LogP contribution in [0.2, 0.25) is 0 Å². The summed E-state index contributed by atoms with van der Waals surface area (Å²) in [6.45, 7) is -0.374. The summed E-state index contributed by atoms with van der Waals surface area (Å²) in [5, 5.41) is 2.77. The van der Waals surface area contributed by atoms with Gasteiger partial charge in [0, 0.05) is 5.56 Å². The Bertz CT molecular complexity index is 577. The van der Waals surface area contributed by atoms with E-state index in [1.54, 1.807) is 0 Å². The van der Waals surface area contributed by atoms with E-state index in [-0.39, 0.29) is 30.5 Å². The van der Waals surface area contributed by atoms with Crippen molar-refractivity contribution in [1.29, 1.82) is 0 Å². The first-order chi connectivity index (χ1) is 10.0. The van der Waals surface area contributed by atoms with Crippen molar-refractivity contribution < 1.29 is 18.4 Å². The summed E-state index contributed by atoms with van der Waals surface area (Å²) < 4.78 is 27.4. The van der Waals surface area contributed by atoms with Gasteiger partial charge in [0.15, 0.2) is 0 Å². The van der Waals surface area contributed by atoms with E-state index in [2.05, 4.69) is 5.32 Å². The van der Waals surface area contributed by atoms with E-state index in [0.29, 0.717) is 12.8 Å². The minimum absolute atomic E-state index is 0.158. The molecule has 1 aliphatic carbocycles. The van der Waals surface area contributed by atoms with Crippen LogP contribution in [0.25, 0.3) is 0 Å². The second-order valence-corrected chi connectivity index (χ2v) is 5.70. The molecule has 0 bridgehead atoms. The van der Waals surface area contributed by atoms with Crippen molar-refractivity contribution in [3.05, 3.63) is 35.4 Å². The van der Waals surface area contributed by atoms with Gasteiger partial charge in [0.1, 0.15) is 17.2 Å². The summed E-state index contributed by atoms with van der Waals surface area (Å²) in [4.78, 5) is 25.7. The maximum atomic E-state index is 13.7. The minimum Gasteiger partial charge on any atom is -0.340 e. The highest BCUT2D eigenvalue weighted by molar-refractivity contribution is 5.98. The molecule has 1 aliphatic heterocycles. The zero-order valence-corrected chi connectivity index (χ0v) is 11.5. The van der Waals surface area contributed by atoms with Gasteiger partial charge < -0.3 is 10.2 Å². The van der Waals surface area contributed by atoms with E-state index in [1.165, 1.54) is 11.0 Å². The third-order valence-corrected chi connectivity index (χ3v) is 4.28. The Kier molecular flexibility index (Phi) is 3.39. The number of carbonyl (C=O) groups is 2. The zero-order chi connectivity index (χ0) is 15.0. The van der Waals surface area contributed by atoms with Crippen LogP contribution in [0.4, 0.5) is 8.78 Å². The molecule has 2 aliphatic rings. The molecule has 1 saturated heterocycles. The van der Waals surface area contributed by atoms with E-state index in [4.69, 9.17) is 0 Å². The molecular weight excluding hydrogens is 278 g/mol. The number of amides is 2. The van der Waals surface area contributed by atoms with Crippen LogP contribution < -0.4 is 5.32 Å². The van der Waals surface area contributed by atoms with Gasteiger partial charge in [0.05, 0.1) is 13.1 Å².